The maximum Gasteiger partial charge on any atom is 0.410 e. The van der Waals surface area contributed by atoms with Crippen LogP contribution in [-0.2, 0) is 11.2 Å². The van der Waals surface area contributed by atoms with Gasteiger partial charge in [-0.1, -0.05) is 17.7 Å². The van der Waals surface area contributed by atoms with Gasteiger partial charge in [0.05, 0.1) is 10.6 Å². The number of carbonyl (C=O) groups excluding carboxylic acids is 2. The Labute approximate surface area is 214 Å². The standard InChI is InChI=1S/C28H40ClN3O3/c1-27(2,3)35-26(34)32-7-6-30-22(16-32)11-18-4-5-24(29)23(12-18)25(33)31-17-28-13-19-8-20(14-28)10-21(9-19)15-28/h4-5,12,19-22,30H,6-11,13-17H2,1-3H3,(H,31,33). The van der Waals surface area contributed by atoms with Crippen LogP contribution in [0.5, 0.6) is 0 Å². The normalized spacial score (nSPS) is 31.9. The van der Waals surface area contributed by atoms with E-state index in [9.17, 15) is 9.59 Å². The molecule has 0 aromatic heterocycles. The average Bonchev–Trinajstić information content (AvgIpc) is 2.77. The molecule has 2 N–H and O–H groups in total. The minimum atomic E-state index is -0.508. The van der Waals surface area contributed by atoms with Crippen molar-refractivity contribution in [3.8, 4) is 0 Å². The first-order valence-electron chi connectivity index (χ1n) is 13.4. The highest BCUT2D eigenvalue weighted by Gasteiger charge is 2.50. The molecule has 1 aliphatic heterocycles. The topological polar surface area (TPSA) is 70.7 Å². The SMILES string of the molecule is CC(C)(C)OC(=O)N1CCNC(Cc2ccc(Cl)c(C(=O)NCC34CC5CC(CC(C5)C3)C4)c2)C1. The predicted molar refractivity (Wildman–Crippen MR) is 138 cm³/mol. The third-order valence-electron chi connectivity index (χ3n) is 8.45. The van der Waals surface area contributed by atoms with Crippen molar-refractivity contribution in [2.75, 3.05) is 26.2 Å². The molecule has 1 saturated heterocycles. The van der Waals surface area contributed by atoms with E-state index in [0.29, 0.717) is 35.5 Å². The van der Waals surface area contributed by atoms with E-state index in [0.717, 1.165) is 36.4 Å². The van der Waals surface area contributed by atoms with Gasteiger partial charge in [0.25, 0.3) is 5.91 Å². The van der Waals surface area contributed by atoms with Crippen LogP contribution in [0.4, 0.5) is 4.79 Å². The third-order valence-corrected chi connectivity index (χ3v) is 8.78. The molecule has 1 heterocycles. The van der Waals surface area contributed by atoms with Crippen LogP contribution in [-0.4, -0.2) is 54.7 Å². The molecule has 6 nitrogen and oxygen atoms in total. The van der Waals surface area contributed by atoms with Gasteiger partial charge in [-0.15, -0.1) is 0 Å². The molecule has 5 aliphatic rings. The Hall–Kier alpha value is -1.79. The van der Waals surface area contributed by atoms with Crippen molar-refractivity contribution < 1.29 is 14.3 Å². The van der Waals surface area contributed by atoms with Crippen LogP contribution in [0.15, 0.2) is 18.2 Å². The Balaban J connectivity index is 1.19. The largest absolute Gasteiger partial charge is 0.444 e. The zero-order valence-corrected chi connectivity index (χ0v) is 22.1. The van der Waals surface area contributed by atoms with Gasteiger partial charge in [0.2, 0.25) is 0 Å². The van der Waals surface area contributed by atoms with Crippen LogP contribution in [0.25, 0.3) is 0 Å². The third kappa shape index (κ3) is 5.80. The van der Waals surface area contributed by atoms with E-state index < -0.39 is 5.60 Å². The highest BCUT2D eigenvalue weighted by atomic mass is 35.5. The van der Waals surface area contributed by atoms with Crippen LogP contribution in [0.3, 0.4) is 0 Å². The monoisotopic (exact) mass is 501 g/mol. The molecule has 5 fully saturated rings. The summed E-state index contributed by atoms with van der Waals surface area (Å²) in [5, 5.41) is 7.25. The van der Waals surface area contributed by atoms with Gasteiger partial charge < -0.3 is 20.3 Å². The molecule has 192 valence electrons. The fourth-order valence-electron chi connectivity index (χ4n) is 7.48. The van der Waals surface area contributed by atoms with Crippen LogP contribution in [0, 0.1) is 23.2 Å². The molecule has 6 rings (SSSR count). The molecular weight excluding hydrogens is 462 g/mol. The van der Waals surface area contributed by atoms with E-state index in [2.05, 4.69) is 10.6 Å². The molecule has 35 heavy (non-hydrogen) atoms. The highest BCUT2D eigenvalue weighted by molar-refractivity contribution is 6.33. The first-order chi connectivity index (χ1) is 16.6. The maximum atomic E-state index is 13.2. The smallest absolute Gasteiger partial charge is 0.410 e. The minimum Gasteiger partial charge on any atom is -0.444 e. The number of hydrogen-bond donors (Lipinski definition) is 2. The summed E-state index contributed by atoms with van der Waals surface area (Å²) in [4.78, 5) is 27.5. The molecular formula is C28H40ClN3O3. The molecule has 2 amide bonds. The van der Waals surface area contributed by atoms with Crippen molar-refractivity contribution in [2.24, 2.45) is 23.2 Å². The summed E-state index contributed by atoms with van der Waals surface area (Å²) in [7, 11) is 0. The number of piperazine rings is 1. The second-order valence-electron chi connectivity index (χ2n) is 12.7. The number of carbonyl (C=O) groups is 2. The Bertz CT molecular complexity index is 937. The Morgan fingerprint density at radius 1 is 1.14 bits per heavy atom. The molecule has 1 unspecified atom stereocenters. The molecule has 4 saturated carbocycles. The fraction of sp³-hybridized carbons (Fsp3) is 0.714. The van der Waals surface area contributed by atoms with Crippen molar-refractivity contribution in [3.63, 3.8) is 0 Å². The van der Waals surface area contributed by atoms with E-state index in [1.54, 1.807) is 4.90 Å². The van der Waals surface area contributed by atoms with Gasteiger partial charge in [0.1, 0.15) is 5.60 Å². The summed E-state index contributed by atoms with van der Waals surface area (Å²) in [6.07, 6.45) is 8.47. The molecule has 0 radical (unpaired) electrons. The zero-order valence-electron chi connectivity index (χ0n) is 21.4. The minimum absolute atomic E-state index is 0.0698. The first kappa shape index (κ1) is 24.9. The van der Waals surface area contributed by atoms with E-state index in [-0.39, 0.29) is 18.0 Å². The van der Waals surface area contributed by atoms with E-state index in [1.807, 2.05) is 39.0 Å². The lowest BCUT2D eigenvalue weighted by atomic mass is 9.49. The number of amides is 2. The van der Waals surface area contributed by atoms with Gasteiger partial charge in [0.15, 0.2) is 0 Å². The molecule has 4 aliphatic carbocycles. The summed E-state index contributed by atoms with van der Waals surface area (Å²) in [5.74, 6) is 2.54. The van der Waals surface area contributed by atoms with Crippen LogP contribution < -0.4 is 10.6 Å². The Morgan fingerprint density at radius 3 is 2.43 bits per heavy atom. The number of ether oxygens (including phenoxy) is 1. The molecule has 1 aromatic carbocycles. The van der Waals surface area contributed by atoms with Crippen molar-refractivity contribution in [1.82, 2.24) is 15.5 Å². The van der Waals surface area contributed by atoms with Crippen molar-refractivity contribution in [3.05, 3.63) is 34.3 Å². The van der Waals surface area contributed by atoms with Crippen molar-refractivity contribution in [1.29, 1.82) is 0 Å². The molecule has 1 atom stereocenters. The maximum absolute atomic E-state index is 13.2. The van der Waals surface area contributed by atoms with E-state index in [4.69, 9.17) is 16.3 Å². The number of halogens is 1. The van der Waals surface area contributed by atoms with Gasteiger partial charge in [0, 0.05) is 32.2 Å². The zero-order chi connectivity index (χ0) is 24.8. The van der Waals surface area contributed by atoms with Crippen molar-refractivity contribution in [2.45, 2.75) is 77.4 Å². The highest BCUT2D eigenvalue weighted by Crippen LogP contribution is 2.59. The molecule has 4 bridgehead atoms. The van der Waals surface area contributed by atoms with Gasteiger partial charge >= 0.3 is 6.09 Å². The lowest BCUT2D eigenvalue weighted by molar-refractivity contribution is -0.0503. The summed E-state index contributed by atoms with van der Waals surface area (Å²) in [6, 6.07) is 5.82. The van der Waals surface area contributed by atoms with Gasteiger partial charge in [-0.2, -0.15) is 0 Å². The number of rotatable bonds is 5. The predicted octanol–water partition coefficient (Wildman–Crippen LogP) is 5.04. The molecule has 0 spiro atoms. The lowest BCUT2D eigenvalue weighted by Gasteiger charge is -2.56. The van der Waals surface area contributed by atoms with Crippen LogP contribution in [0.1, 0.15) is 75.2 Å². The van der Waals surface area contributed by atoms with Crippen molar-refractivity contribution >= 4 is 23.6 Å². The van der Waals surface area contributed by atoms with E-state index in [1.165, 1.54) is 38.5 Å². The second-order valence-corrected chi connectivity index (χ2v) is 13.1. The number of nitrogens with one attached hydrogen (secondary N) is 2. The lowest BCUT2D eigenvalue weighted by Crippen LogP contribution is -2.54. The molecule has 1 aromatic rings. The fourth-order valence-corrected chi connectivity index (χ4v) is 7.69. The summed E-state index contributed by atoms with van der Waals surface area (Å²) in [5.41, 5.74) is 1.38. The first-order valence-corrected chi connectivity index (χ1v) is 13.7. The number of hydrogen-bond acceptors (Lipinski definition) is 4. The number of nitrogens with zero attached hydrogens (tertiary/aromatic N) is 1. The van der Waals surface area contributed by atoms with Gasteiger partial charge in [-0.05, 0) is 107 Å². The average molecular weight is 502 g/mol. The quantitative estimate of drug-likeness (QED) is 0.593. The Kier molecular flexibility index (Phi) is 6.82. The second kappa shape index (κ2) is 9.59. The summed E-state index contributed by atoms with van der Waals surface area (Å²) < 4.78 is 5.55. The van der Waals surface area contributed by atoms with E-state index >= 15 is 0 Å². The summed E-state index contributed by atoms with van der Waals surface area (Å²) >= 11 is 6.47. The summed E-state index contributed by atoms with van der Waals surface area (Å²) in [6.45, 7) is 8.34. The van der Waals surface area contributed by atoms with Gasteiger partial charge in [-0.25, -0.2) is 4.79 Å². The van der Waals surface area contributed by atoms with Gasteiger partial charge in [-0.3, -0.25) is 4.79 Å². The Morgan fingerprint density at radius 2 is 1.80 bits per heavy atom. The van der Waals surface area contributed by atoms with Crippen LogP contribution >= 0.6 is 11.6 Å². The van der Waals surface area contributed by atoms with Crippen LogP contribution in [0.2, 0.25) is 5.02 Å². The number of benzene rings is 1. The molecule has 7 heteroatoms.